The number of nitrogens with two attached hydrogens (primary N) is 5. The van der Waals surface area contributed by atoms with Gasteiger partial charge in [-0.3, -0.25) is 14.8 Å². The molecule has 0 fully saturated rings. The predicted molar refractivity (Wildman–Crippen MR) is 87.4 cm³/mol. The Kier molecular flexibility index (Phi) is 9.83. The molecular formula is C12H26N8O3. The number of carboxylic acids is 1. The number of carboxylic acid groups (broad SMARTS) is 1. The lowest BCUT2D eigenvalue weighted by molar-refractivity contribution is -0.142. The van der Waals surface area contributed by atoms with Gasteiger partial charge in [-0.05, 0) is 25.7 Å². The number of aliphatic carboxylic acids is 1. The van der Waals surface area contributed by atoms with Crippen molar-refractivity contribution in [2.45, 2.75) is 37.8 Å². The number of nitrogens with zero attached hydrogens (tertiary/aromatic N) is 2. The monoisotopic (exact) mass is 330 g/mol. The van der Waals surface area contributed by atoms with E-state index in [4.69, 9.17) is 33.8 Å². The lowest BCUT2D eigenvalue weighted by Gasteiger charge is -2.17. The molecule has 0 aromatic carbocycles. The quantitative estimate of drug-likeness (QED) is 0.117. The highest BCUT2D eigenvalue weighted by molar-refractivity contribution is 5.86. The van der Waals surface area contributed by atoms with E-state index in [1.54, 1.807) is 0 Å². The molecule has 0 saturated carbocycles. The maximum absolute atomic E-state index is 11.9. The molecule has 0 aromatic heterocycles. The summed E-state index contributed by atoms with van der Waals surface area (Å²) in [7, 11) is 0. The van der Waals surface area contributed by atoms with E-state index >= 15 is 0 Å². The maximum atomic E-state index is 11.9. The van der Waals surface area contributed by atoms with E-state index in [0.29, 0.717) is 25.8 Å². The Morgan fingerprint density at radius 1 is 0.957 bits per heavy atom. The van der Waals surface area contributed by atoms with Crippen LogP contribution in [0.1, 0.15) is 25.7 Å². The first kappa shape index (κ1) is 20.4. The van der Waals surface area contributed by atoms with Crippen LogP contribution in [0.4, 0.5) is 0 Å². The Labute approximate surface area is 134 Å². The van der Waals surface area contributed by atoms with Crippen LogP contribution in [0.25, 0.3) is 0 Å². The average Bonchev–Trinajstić information content (AvgIpc) is 2.45. The van der Waals surface area contributed by atoms with Crippen molar-refractivity contribution in [1.82, 2.24) is 5.32 Å². The number of hydrogen-bond acceptors (Lipinski definition) is 5. The van der Waals surface area contributed by atoms with Crippen molar-refractivity contribution in [3.8, 4) is 0 Å². The fourth-order valence-electron chi connectivity index (χ4n) is 1.69. The third-order valence-corrected chi connectivity index (χ3v) is 2.86. The fraction of sp³-hybridized carbons (Fsp3) is 0.667. The van der Waals surface area contributed by atoms with E-state index in [-0.39, 0.29) is 24.9 Å². The topological polar surface area (TPSA) is 221 Å². The van der Waals surface area contributed by atoms with E-state index in [1.165, 1.54) is 0 Å². The molecule has 0 saturated heterocycles. The molecule has 0 spiro atoms. The summed E-state index contributed by atoms with van der Waals surface area (Å²) in [5.41, 5.74) is 26.4. The third-order valence-electron chi connectivity index (χ3n) is 2.86. The van der Waals surface area contributed by atoms with Crippen LogP contribution in [0.5, 0.6) is 0 Å². The van der Waals surface area contributed by atoms with Crippen LogP contribution in [0.2, 0.25) is 0 Å². The van der Waals surface area contributed by atoms with Crippen molar-refractivity contribution < 1.29 is 14.7 Å². The van der Waals surface area contributed by atoms with Gasteiger partial charge in [-0.2, -0.15) is 0 Å². The Morgan fingerprint density at radius 3 is 1.87 bits per heavy atom. The second-order valence-electron chi connectivity index (χ2n) is 4.90. The van der Waals surface area contributed by atoms with Gasteiger partial charge in [0.15, 0.2) is 11.9 Å². The van der Waals surface area contributed by atoms with Gasteiger partial charge in [-0.15, -0.1) is 0 Å². The molecule has 0 aliphatic heterocycles. The molecule has 0 radical (unpaired) electrons. The summed E-state index contributed by atoms with van der Waals surface area (Å²) in [6.07, 6.45) is 1.45. The van der Waals surface area contributed by atoms with Gasteiger partial charge in [-0.1, -0.05) is 0 Å². The Hall–Kier alpha value is -2.56. The largest absolute Gasteiger partial charge is 0.480 e. The van der Waals surface area contributed by atoms with Crippen LogP contribution in [-0.2, 0) is 9.59 Å². The molecule has 0 rings (SSSR count). The van der Waals surface area contributed by atoms with Crippen molar-refractivity contribution in [2.24, 2.45) is 38.7 Å². The van der Waals surface area contributed by atoms with Gasteiger partial charge in [0.25, 0.3) is 0 Å². The number of nitrogens with one attached hydrogen (secondary N) is 1. The predicted octanol–water partition coefficient (Wildman–Crippen LogP) is -3.01. The molecule has 0 aliphatic carbocycles. The summed E-state index contributed by atoms with van der Waals surface area (Å²) in [6.45, 7) is 0.636. The van der Waals surface area contributed by atoms with Gasteiger partial charge < -0.3 is 39.1 Å². The molecule has 12 N–H and O–H groups in total. The third kappa shape index (κ3) is 10.8. The van der Waals surface area contributed by atoms with Crippen LogP contribution in [-0.4, -0.2) is 54.1 Å². The first-order chi connectivity index (χ1) is 10.7. The summed E-state index contributed by atoms with van der Waals surface area (Å²) < 4.78 is 0. The molecule has 11 heteroatoms. The summed E-state index contributed by atoms with van der Waals surface area (Å²) >= 11 is 0. The summed E-state index contributed by atoms with van der Waals surface area (Å²) in [6, 6.07) is -1.87. The van der Waals surface area contributed by atoms with E-state index < -0.39 is 24.0 Å². The number of amides is 1. The Balaban J connectivity index is 4.24. The first-order valence-electron chi connectivity index (χ1n) is 7.13. The minimum atomic E-state index is -1.14. The molecule has 0 aromatic rings. The second kappa shape index (κ2) is 11.1. The first-order valence-corrected chi connectivity index (χ1v) is 7.13. The fourth-order valence-corrected chi connectivity index (χ4v) is 1.69. The van der Waals surface area contributed by atoms with Crippen LogP contribution in [0.3, 0.4) is 0 Å². The van der Waals surface area contributed by atoms with Gasteiger partial charge in [0.2, 0.25) is 5.91 Å². The molecule has 0 unspecified atom stereocenters. The number of carbonyl (C=O) groups excluding carboxylic acids is 1. The summed E-state index contributed by atoms with van der Waals surface area (Å²) in [5.74, 6) is -1.78. The number of rotatable bonds is 11. The van der Waals surface area contributed by atoms with Gasteiger partial charge >= 0.3 is 5.97 Å². The van der Waals surface area contributed by atoms with E-state index in [1.807, 2.05) is 0 Å². The normalized spacial score (nSPS) is 12.7. The lowest BCUT2D eigenvalue weighted by Crippen LogP contribution is -2.48. The van der Waals surface area contributed by atoms with Gasteiger partial charge in [0.05, 0.1) is 6.04 Å². The average molecular weight is 330 g/mol. The molecule has 23 heavy (non-hydrogen) atoms. The van der Waals surface area contributed by atoms with E-state index in [2.05, 4.69) is 15.3 Å². The van der Waals surface area contributed by atoms with Crippen LogP contribution < -0.4 is 34.0 Å². The number of carbonyl (C=O) groups is 2. The second-order valence-corrected chi connectivity index (χ2v) is 4.90. The lowest BCUT2D eigenvalue weighted by atomic mass is 10.1. The van der Waals surface area contributed by atoms with E-state index in [9.17, 15) is 9.59 Å². The molecule has 2 atom stereocenters. The highest BCUT2D eigenvalue weighted by atomic mass is 16.4. The minimum absolute atomic E-state index is 0.0326. The van der Waals surface area contributed by atoms with Gasteiger partial charge in [0, 0.05) is 13.1 Å². The molecule has 11 nitrogen and oxygen atoms in total. The molecule has 1 amide bonds. The maximum Gasteiger partial charge on any atom is 0.326 e. The van der Waals surface area contributed by atoms with Crippen LogP contribution in [0, 0.1) is 0 Å². The van der Waals surface area contributed by atoms with Crippen molar-refractivity contribution >= 4 is 23.8 Å². The molecular weight excluding hydrogens is 304 g/mol. The Bertz CT molecular complexity index is 444. The van der Waals surface area contributed by atoms with Crippen molar-refractivity contribution in [1.29, 1.82) is 0 Å². The zero-order chi connectivity index (χ0) is 17.8. The molecule has 0 heterocycles. The van der Waals surface area contributed by atoms with Crippen molar-refractivity contribution in [3.05, 3.63) is 0 Å². The van der Waals surface area contributed by atoms with Crippen molar-refractivity contribution in [2.75, 3.05) is 13.1 Å². The molecule has 0 bridgehead atoms. The number of hydrogen-bond donors (Lipinski definition) is 7. The minimum Gasteiger partial charge on any atom is -0.480 e. The van der Waals surface area contributed by atoms with Crippen molar-refractivity contribution in [3.63, 3.8) is 0 Å². The van der Waals surface area contributed by atoms with Crippen LogP contribution >= 0.6 is 0 Å². The van der Waals surface area contributed by atoms with Gasteiger partial charge in [0.1, 0.15) is 6.04 Å². The molecule has 132 valence electrons. The zero-order valence-corrected chi connectivity index (χ0v) is 12.9. The molecule has 0 aliphatic rings. The summed E-state index contributed by atoms with van der Waals surface area (Å²) in [4.78, 5) is 30.5. The number of aliphatic imine (C=N–C) groups is 2. The Morgan fingerprint density at radius 2 is 1.43 bits per heavy atom. The SMILES string of the molecule is NC(N)=NCCC[C@@H](N)C(=O)N[C@@H](CCCN=C(N)N)C(=O)O. The highest BCUT2D eigenvalue weighted by Gasteiger charge is 2.22. The van der Waals surface area contributed by atoms with Gasteiger partial charge in [-0.25, -0.2) is 4.79 Å². The summed E-state index contributed by atoms with van der Waals surface area (Å²) in [5, 5.41) is 11.5. The van der Waals surface area contributed by atoms with Crippen LogP contribution in [0.15, 0.2) is 9.98 Å². The zero-order valence-electron chi connectivity index (χ0n) is 12.9. The highest BCUT2D eigenvalue weighted by Crippen LogP contribution is 2.01. The standard InChI is InChI=1S/C12H26N8O3/c13-7(3-1-5-18-11(14)15)9(21)20-8(10(22)23)4-2-6-19-12(16)17/h7-8H,1-6,13H2,(H,20,21)(H,22,23)(H4,14,15,18)(H4,16,17,19)/t7-,8+/m1/s1. The van der Waals surface area contributed by atoms with E-state index in [0.717, 1.165) is 0 Å². The smallest absolute Gasteiger partial charge is 0.326 e. The number of guanidine groups is 2.